The third-order valence-corrected chi connectivity index (χ3v) is 5.85. The molecule has 5 nitrogen and oxygen atoms in total. The lowest BCUT2D eigenvalue weighted by molar-refractivity contribution is 0.0738. The van der Waals surface area contributed by atoms with Gasteiger partial charge in [-0.05, 0) is 58.4 Å². The maximum atomic E-state index is 5.93. The maximum absolute atomic E-state index is 5.93. The number of hydrogen-bond donors (Lipinski definition) is 2. The molecule has 132 valence electrons. The minimum atomic E-state index is 0.150. The summed E-state index contributed by atoms with van der Waals surface area (Å²) in [5.41, 5.74) is 0.150. The van der Waals surface area contributed by atoms with Gasteiger partial charge in [0, 0.05) is 25.7 Å². The van der Waals surface area contributed by atoms with Gasteiger partial charge in [0.15, 0.2) is 5.96 Å². The fourth-order valence-electron chi connectivity index (χ4n) is 4.31. The van der Waals surface area contributed by atoms with E-state index >= 15 is 0 Å². The smallest absolute Gasteiger partial charge is 0.191 e. The van der Waals surface area contributed by atoms with Crippen LogP contribution >= 0.6 is 0 Å². The van der Waals surface area contributed by atoms with Crippen LogP contribution in [0.4, 0.5) is 0 Å². The summed E-state index contributed by atoms with van der Waals surface area (Å²) in [5.74, 6) is 1.73. The normalized spacial score (nSPS) is 35.6. The van der Waals surface area contributed by atoms with Gasteiger partial charge >= 0.3 is 0 Å². The van der Waals surface area contributed by atoms with Gasteiger partial charge in [-0.25, -0.2) is 0 Å². The molecule has 0 radical (unpaired) electrons. The molecule has 3 heterocycles. The van der Waals surface area contributed by atoms with Gasteiger partial charge in [-0.2, -0.15) is 0 Å². The van der Waals surface area contributed by atoms with Crippen LogP contribution in [0.3, 0.4) is 0 Å². The predicted octanol–water partition coefficient (Wildman–Crippen LogP) is 1.98. The van der Waals surface area contributed by atoms with E-state index in [1.807, 2.05) is 7.05 Å². The zero-order valence-electron chi connectivity index (χ0n) is 15.3. The first-order valence-electron chi connectivity index (χ1n) is 9.35. The van der Waals surface area contributed by atoms with Crippen molar-refractivity contribution in [2.45, 2.75) is 76.7 Å². The van der Waals surface area contributed by atoms with Gasteiger partial charge in [0.05, 0.1) is 18.2 Å². The minimum Gasteiger partial charge on any atom is -0.373 e. The van der Waals surface area contributed by atoms with Crippen molar-refractivity contribution in [1.29, 1.82) is 0 Å². The number of piperidine rings is 1. The van der Waals surface area contributed by atoms with Gasteiger partial charge < -0.3 is 15.4 Å². The zero-order valence-corrected chi connectivity index (χ0v) is 15.3. The van der Waals surface area contributed by atoms with Crippen LogP contribution in [0.5, 0.6) is 0 Å². The third kappa shape index (κ3) is 4.00. The quantitative estimate of drug-likeness (QED) is 0.614. The molecule has 3 fully saturated rings. The van der Waals surface area contributed by atoms with Crippen LogP contribution in [0.2, 0.25) is 0 Å². The Hall–Kier alpha value is -0.810. The van der Waals surface area contributed by atoms with Crippen LogP contribution in [-0.4, -0.2) is 61.3 Å². The highest BCUT2D eigenvalue weighted by Crippen LogP contribution is 2.34. The Balaban J connectivity index is 1.49. The van der Waals surface area contributed by atoms with Crippen molar-refractivity contribution in [3.63, 3.8) is 0 Å². The molecule has 3 aliphatic rings. The molecular formula is C18H34N4O. The van der Waals surface area contributed by atoms with Gasteiger partial charge in [-0.1, -0.05) is 6.92 Å². The number of likely N-dealkylation sites (tertiary alicyclic amines) is 1. The van der Waals surface area contributed by atoms with Gasteiger partial charge in [0.1, 0.15) is 0 Å². The second-order valence-corrected chi connectivity index (χ2v) is 8.29. The molecule has 23 heavy (non-hydrogen) atoms. The lowest BCUT2D eigenvalue weighted by Crippen LogP contribution is -2.57. The molecule has 0 spiro atoms. The summed E-state index contributed by atoms with van der Waals surface area (Å²) in [6.07, 6.45) is 7.09. The average Bonchev–Trinajstić information content (AvgIpc) is 3.14. The van der Waals surface area contributed by atoms with E-state index < -0.39 is 0 Å². The number of nitrogens with zero attached hydrogens (tertiary/aromatic N) is 2. The largest absolute Gasteiger partial charge is 0.373 e. The highest BCUT2D eigenvalue weighted by Gasteiger charge is 2.41. The van der Waals surface area contributed by atoms with Crippen LogP contribution in [0.25, 0.3) is 0 Å². The van der Waals surface area contributed by atoms with Gasteiger partial charge in [-0.3, -0.25) is 9.89 Å². The molecule has 0 aromatic carbocycles. The molecule has 5 heteroatoms. The van der Waals surface area contributed by atoms with Gasteiger partial charge in [0.25, 0.3) is 0 Å². The summed E-state index contributed by atoms with van der Waals surface area (Å²) in [4.78, 5) is 7.05. The van der Waals surface area contributed by atoms with Crippen LogP contribution in [0.1, 0.15) is 52.9 Å². The van der Waals surface area contributed by atoms with E-state index in [0.29, 0.717) is 18.2 Å². The summed E-state index contributed by atoms with van der Waals surface area (Å²) in [5, 5.41) is 7.13. The van der Waals surface area contributed by atoms with E-state index in [-0.39, 0.29) is 5.54 Å². The van der Waals surface area contributed by atoms with Crippen molar-refractivity contribution in [1.82, 2.24) is 15.5 Å². The lowest BCUT2D eigenvalue weighted by atomic mass is 9.93. The predicted molar refractivity (Wildman–Crippen MR) is 94.8 cm³/mol. The second-order valence-electron chi connectivity index (χ2n) is 8.29. The van der Waals surface area contributed by atoms with E-state index in [1.54, 1.807) is 0 Å². The van der Waals surface area contributed by atoms with E-state index in [1.165, 1.54) is 38.8 Å². The fraction of sp³-hybridized carbons (Fsp3) is 0.944. The van der Waals surface area contributed by atoms with E-state index in [4.69, 9.17) is 4.74 Å². The molecule has 4 unspecified atom stereocenters. The lowest BCUT2D eigenvalue weighted by Gasteiger charge is -2.43. The molecule has 4 atom stereocenters. The number of ether oxygens (including phenoxy) is 1. The SMILES string of the molecule is CN=C(NCC(C)(C)N1CCCC(C)C1)NC1CC2CCC1O2. The number of rotatable bonds is 4. The monoisotopic (exact) mass is 322 g/mol. The van der Waals surface area contributed by atoms with Gasteiger partial charge in [0.2, 0.25) is 0 Å². The average molecular weight is 322 g/mol. The first kappa shape index (κ1) is 17.0. The number of guanidine groups is 1. The summed E-state index contributed by atoms with van der Waals surface area (Å²) in [7, 11) is 1.86. The van der Waals surface area contributed by atoms with Crippen LogP contribution in [0, 0.1) is 5.92 Å². The Morgan fingerprint density at radius 1 is 1.30 bits per heavy atom. The molecule has 0 aromatic rings. The summed E-state index contributed by atoms with van der Waals surface area (Å²) in [6.45, 7) is 10.4. The summed E-state index contributed by atoms with van der Waals surface area (Å²) >= 11 is 0. The van der Waals surface area contributed by atoms with Crippen LogP contribution < -0.4 is 10.6 Å². The van der Waals surface area contributed by atoms with E-state index in [9.17, 15) is 0 Å². The number of nitrogens with one attached hydrogen (secondary N) is 2. The standard InChI is InChI=1S/C18H34N4O/c1-13-6-5-9-22(11-13)18(2,3)12-20-17(19-4)21-15-10-14-7-8-16(15)23-14/h13-16H,5-12H2,1-4H3,(H2,19,20,21). The molecule has 3 aliphatic heterocycles. The topological polar surface area (TPSA) is 48.9 Å². The number of fused-ring (bicyclic) bond motifs is 2. The summed E-state index contributed by atoms with van der Waals surface area (Å²) < 4.78 is 5.93. The molecule has 0 aliphatic carbocycles. The van der Waals surface area contributed by atoms with Crippen molar-refractivity contribution >= 4 is 5.96 Å². The molecule has 3 rings (SSSR count). The van der Waals surface area contributed by atoms with Crippen molar-refractivity contribution < 1.29 is 4.74 Å². The van der Waals surface area contributed by atoms with Crippen molar-refractivity contribution in [2.75, 3.05) is 26.7 Å². The molecule has 0 aromatic heterocycles. The van der Waals surface area contributed by atoms with E-state index in [0.717, 1.165) is 24.8 Å². The van der Waals surface area contributed by atoms with Crippen LogP contribution in [0.15, 0.2) is 4.99 Å². The first-order valence-corrected chi connectivity index (χ1v) is 9.35. The number of hydrogen-bond acceptors (Lipinski definition) is 3. The highest BCUT2D eigenvalue weighted by atomic mass is 16.5. The molecule has 0 saturated carbocycles. The Kier molecular flexibility index (Phi) is 5.16. The summed E-state index contributed by atoms with van der Waals surface area (Å²) in [6, 6.07) is 0.429. The van der Waals surface area contributed by atoms with Crippen molar-refractivity contribution in [3.8, 4) is 0 Å². The Morgan fingerprint density at radius 3 is 2.74 bits per heavy atom. The maximum Gasteiger partial charge on any atom is 0.191 e. The Bertz CT molecular complexity index is 437. The minimum absolute atomic E-state index is 0.150. The molecule has 3 saturated heterocycles. The third-order valence-electron chi connectivity index (χ3n) is 5.85. The fourth-order valence-corrected chi connectivity index (χ4v) is 4.31. The van der Waals surface area contributed by atoms with Crippen LogP contribution in [-0.2, 0) is 4.74 Å². The second kappa shape index (κ2) is 6.98. The highest BCUT2D eigenvalue weighted by molar-refractivity contribution is 5.80. The molecule has 0 amide bonds. The first-order chi connectivity index (χ1) is 11.0. The Labute approximate surface area is 141 Å². The Morgan fingerprint density at radius 2 is 2.13 bits per heavy atom. The molecular weight excluding hydrogens is 288 g/mol. The molecule has 2 N–H and O–H groups in total. The van der Waals surface area contributed by atoms with Gasteiger partial charge in [-0.15, -0.1) is 0 Å². The van der Waals surface area contributed by atoms with Crippen molar-refractivity contribution in [2.24, 2.45) is 10.9 Å². The van der Waals surface area contributed by atoms with Crippen molar-refractivity contribution in [3.05, 3.63) is 0 Å². The molecule has 2 bridgehead atoms. The number of aliphatic imine (C=N–C) groups is 1. The van der Waals surface area contributed by atoms with E-state index in [2.05, 4.69) is 41.3 Å². The zero-order chi connectivity index (χ0) is 16.4.